The van der Waals surface area contributed by atoms with E-state index in [4.69, 9.17) is 21.8 Å². The van der Waals surface area contributed by atoms with E-state index in [-0.39, 0.29) is 29.5 Å². The molecule has 13 heteroatoms. The molecule has 4 aromatic rings. The quantitative estimate of drug-likeness (QED) is 0.349. The summed E-state index contributed by atoms with van der Waals surface area (Å²) in [6.07, 6.45) is 5.44. The highest BCUT2D eigenvalue weighted by Gasteiger charge is 2.31. The molecular weight excluding hydrogens is 498 g/mol. The number of likely N-dealkylation sites (N-methyl/N-ethyl adjacent to an activating group) is 1. The predicted molar refractivity (Wildman–Crippen MR) is 139 cm³/mol. The van der Waals surface area contributed by atoms with E-state index in [0.29, 0.717) is 53.2 Å². The number of carbonyl (C=O) groups excluding carboxylic acids is 2. The van der Waals surface area contributed by atoms with Crippen LogP contribution in [0.2, 0.25) is 5.02 Å². The second kappa shape index (κ2) is 10.1. The molecule has 1 fully saturated rings. The molecule has 1 saturated heterocycles. The lowest BCUT2D eigenvalue weighted by molar-refractivity contribution is -0.125. The Morgan fingerprint density at radius 3 is 3.00 bits per heavy atom. The van der Waals surface area contributed by atoms with E-state index in [2.05, 4.69) is 37.2 Å². The number of nitrogen functional groups attached to an aromatic ring is 1. The van der Waals surface area contributed by atoms with Crippen molar-refractivity contribution in [1.29, 1.82) is 0 Å². The summed E-state index contributed by atoms with van der Waals surface area (Å²) in [5.74, 6) is -0.511. The number of halogens is 1. The minimum atomic E-state index is -0.572. The van der Waals surface area contributed by atoms with Crippen LogP contribution in [-0.2, 0) is 4.79 Å². The molecular formula is C24H26ClN9O3. The number of fused-ring (bicyclic) bond motifs is 2. The molecule has 4 heterocycles. The molecule has 1 atom stereocenters. The van der Waals surface area contributed by atoms with Gasteiger partial charge in [0.25, 0.3) is 5.91 Å². The maximum Gasteiger partial charge on any atom is 0.302 e. The van der Waals surface area contributed by atoms with E-state index < -0.39 is 5.91 Å². The van der Waals surface area contributed by atoms with E-state index in [1.54, 1.807) is 33.9 Å². The molecule has 1 aliphatic heterocycles. The Morgan fingerprint density at radius 1 is 1.35 bits per heavy atom. The van der Waals surface area contributed by atoms with Crippen molar-refractivity contribution in [3.63, 3.8) is 0 Å². The molecule has 2 amide bonds. The number of nitrogens with zero attached hydrogens (tertiary/aromatic N) is 7. The van der Waals surface area contributed by atoms with Crippen LogP contribution in [0.5, 0.6) is 0 Å². The Hall–Kier alpha value is -4.03. The van der Waals surface area contributed by atoms with Crippen LogP contribution in [-0.4, -0.2) is 79.6 Å². The summed E-state index contributed by atoms with van der Waals surface area (Å²) in [6, 6.07) is 4.79. The smallest absolute Gasteiger partial charge is 0.302 e. The van der Waals surface area contributed by atoms with Crippen LogP contribution in [0.3, 0.4) is 0 Å². The normalized spacial score (nSPS) is 16.0. The van der Waals surface area contributed by atoms with Crippen LogP contribution in [0, 0.1) is 0 Å². The van der Waals surface area contributed by atoms with Gasteiger partial charge in [-0.15, -0.1) is 0 Å². The number of amides is 2. The fourth-order valence-electron chi connectivity index (χ4n) is 4.23. The van der Waals surface area contributed by atoms with Gasteiger partial charge in [-0.1, -0.05) is 24.6 Å². The largest absolute Gasteiger partial charge is 0.423 e. The molecule has 0 unspecified atom stereocenters. The van der Waals surface area contributed by atoms with Crippen molar-refractivity contribution in [3.05, 3.63) is 47.4 Å². The average molecular weight is 524 g/mol. The van der Waals surface area contributed by atoms with Crippen LogP contribution in [0.1, 0.15) is 29.9 Å². The van der Waals surface area contributed by atoms with Gasteiger partial charge in [-0.2, -0.15) is 10.1 Å². The number of hydrogen-bond donors (Lipinski definition) is 2. The lowest BCUT2D eigenvalue weighted by Gasteiger charge is -2.15. The molecule has 1 aromatic carbocycles. The van der Waals surface area contributed by atoms with Gasteiger partial charge in [-0.05, 0) is 38.2 Å². The van der Waals surface area contributed by atoms with Gasteiger partial charge in [0.15, 0.2) is 16.9 Å². The van der Waals surface area contributed by atoms with Crippen LogP contribution in [0.25, 0.3) is 22.1 Å². The summed E-state index contributed by atoms with van der Waals surface area (Å²) < 4.78 is 7.25. The molecule has 0 saturated carbocycles. The summed E-state index contributed by atoms with van der Waals surface area (Å²) in [5, 5.41) is 8.01. The summed E-state index contributed by atoms with van der Waals surface area (Å²) in [7, 11) is 1.99. The second-order valence-corrected chi connectivity index (χ2v) is 9.26. The third-order valence-corrected chi connectivity index (χ3v) is 6.58. The van der Waals surface area contributed by atoms with Crippen molar-refractivity contribution in [2.24, 2.45) is 0 Å². The van der Waals surface area contributed by atoms with Gasteiger partial charge in [0, 0.05) is 30.7 Å². The van der Waals surface area contributed by atoms with Crippen LogP contribution in [0.15, 0.2) is 41.1 Å². The van der Waals surface area contributed by atoms with Gasteiger partial charge in [-0.25, -0.2) is 14.6 Å². The van der Waals surface area contributed by atoms with Crippen molar-refractivity contribution < 1.29 is 14.0 Å². The van der Waals surface area contributed by atoms with Gasteiger partial charge in [0.1, 0.15) is 17.7 Å². The SMILES string of the molecule is CCN(C)CC=CC(=O)N1CC[C@@H](n2nc(C(=O)Nc3nc4cc(Cl)ccc4o3)c3c(N)ncnc32)C1. The molecule has 37 heavy (non-hydrogen) atoms. The zero-order valence-corrected chi connectivity index (χ0v) is 21.1. The summed E-state index contributed by atoms with van der Waals surface area (Å²) in [4.78, 5) is 42.4. The number of hydrogen-bond acceptors (Lipinski definition) is 9. The predicted octanol–water partition coefficient (Wildman–Crippen LogP) is 2.74. The number of rotatable bonds is 7. The zero-order chi connectivity index (χ0) is 26.1. The number of oxazole rings is 1. The summed E-state index contributed by atoms with van der Waals surface area (Å²) in [6.45, 7) is 4.65. The average Bonchev–Trinajstić information content (AvgIpc) is 3.60. The van der Waals surface area contributed by atoms with E-state index >= 15 is 0 Å². The maximum atomic E-state index is 13.2. The van der Waals surface area contributed by atoms with Gasteiger partial charge < -0.3 is 20.0 Å². The van der Waals surface area contributed by atoms with Crippen LogP contribution in [0.4, 0.5) is 11.8 Å². The number of nitrogens with two attached hydrogens (primary N) is 1. The summed E-state index contributed by atoms with van der Waals surface area (Å²) in [5.41, 5.74) is 7.57. The van der Waals surface area contributed by atoms with Crippen LogP contribution >= 0.6 is 11.6 Å². The number of likely N-dealkylation sites (tertiary alicyclic amines) is 1. The Kier molecular flexibility index (Phi) is 6.76. The molecule has 192 valence electrons. The van der Waals surface area contributed by atoms with Crippen LogP contribution < -0.4 is 11.1 Å². The monoisotopic (exact) mass is 523 g/mol. The zero-order valence-electron chi connectivity index (χ0n) is 20.4. The van der Waals surface area contributed by atoms with E-state index in [9.17, 15) is 9.59 Å². The topological polar surface area (TPSA) is 148 Å². The Labute approximate surface area is 217 Å². The van der Waals surface area contributed by atoms with Crippen molar-refractivity contribution in [3.8, 4) is 0 Å². The van der Waals surface area contributed by atoms with Gasteiger partial charge in [-0.3, -0.25) is 14.9 Å². The number of nitrogens with one attached hydrogen (secondary N) is 1. The fourth-order valence-corrected chi connectivity index (χ4v) is 4.40. The Morgan fingerprint density at radius 2 is 2.19 bits per heavy atom. The summed E-state index contributed by atoms with van der Waals surface area (Å²) >= 11 is 6.01. The molecule has 0 bridgehead atoms. The maximum absolute atomic E-state index is 13.2. The van der Waals surface area contributed by atoms with Crippen molar-refractivity contribution in [2.45, 2.75) is 19.4 Å². The molecule has 5 rings (SSSR count). The highest BCUT2D eigenvalue weighted by atomic mass is 35.5. The first-order valence-corrected chi connectivity index (χ1v) is 12.2. The Bertz CT molecular complexity index is 1510. The Balaban J connectivity index is 1.38. The van der Waals surface area contributed by atoms with Gasteiger partial charge in [0.05, 0.1) is 11.4 Å². The highest BCUT2D eigenvalue weighted by molar-refractivity contribution is 6.31. The third kappa shape index (κ3) is 4.98. The standard InChI is InChI=1S/C24H26ClN9O3/c1-3-32(2)9-4-5-18(35)33-10-8-15(12-33)34-22-19(21(26)27-13-28-22)20(31-34)23(36)30-24-29-16-11-14(25)6-7-17(16)37-24/h4-7,11,13,15H,3,8-10,12H2,1-2H3,(H2,26,27,28)(H,29,30,36)/t15-/m1/s1. The molecule has 3 N–H and O–H groups in total. The highest BCUT2D eigenvalue weighted by Crippen LogP contribution is 2.30. The molecule has 12 nitrogen and oxygen atoms in total. The minimum Gasteiger partial charge on any atom is -0.423 e. The van der Waals surface area contributed by atoms with Crippen molar-refractivity contribution in [1.82, 2.24) is 34.5 Å². The fraction of sp³-hybridized carbons (Fsp3) is 0.333. The molecule has 3 aromatic heterocycles. The first-order chi connectivity index (χ1) is 17.8. The molecule has 1 aliphatic rings. The first kappa shape index (κ1) is 24.7. The second-order valence-electron chi connectivity index (χ2n) is 8.82. The van der Waals surface area contributed by atoms with E-state index in [1.165, 1.54) is 6.33 Å². The number of aromatic nitrogens is 5. The minimum absolute atomic E-state index is 0.00136. The van der Waals surface area contributed by atoms with Gasteiger partial charge in [0.2, 0.25) is 5.91 Å². The number of benzene rings is 1. The van der Waals surface area contributed by atoms with Crippen molar-refractivity contribution >= 4 is 57.4 Å². The van der Waals surface area contributed by atoms with E-state index in [0.717, 1.165) is 6.54 Å². The number of carbonyl (C=O) groups is 2. The lowest BCUT2D eigenvalue weighted by Crippen LogP contribution is -2.28. The molecule has 0 aliphatic carbocycles. The lowest BCUT2D eigenvalue weighted by atomic mass is 10.2. The van der Waals surface area contributed by atoms with E-state index in [1.807, 2.05) is 13.1 Å². The number of anilines is 2. The molecule has 0 spiro atoms. The first-order valence-electron chi connectivity index (χ1n) is 11.8. The van der Waals surface area contributed by atoms with Crippen molar-refractivity contribution in [2.75, 3.05) is 44.3 Å². The molecule has 0 radical (unpaired) electrons. The van der Waals surface area contributed by atoms with Gasteiger partial charge >= 0.3 is 6.01 Å². The third-order valence-electron chi connectivity index (χ3n) is 6.34.